The lowest BCUT2D eigenvalue weighted by atomic mass is 10.2. The van der Waals surface area contributed by atoms with Gasteiger partial charge in [-0.15, -0.1) is 0 Å². The maximum absolute atomic E-state index is 13.0. The third-order valence-electron chi connectivity index (χ3n) is 4.10. The lowest BCUT2D eigenvalue weighted by Crippen LogP contribution is -2.39. The Morgan fingerprint density at radius 3 is 2.39 bits per heavy atom. The maximum atomic E-state index is 13.0. The number of nitrogens with one attached hydrogen (secondary N) is 1. The molecule has 0 radical (unpaired) electrons. The van der Waals surface area contributed by atoms with Gasteiger partial charge >= 0.3 is 6.18 Å². The summed E-state index contributed by atoms with van der Waals surface area (Å²) >= 11 is 5.92. The minimum absolute atomic E-state index is 0.260. The SMILES string of the molecule is CC(C)COc1ccc(/C=N\NC(=O)CN(c2cc(C(F)(F)F)ccc2Cl)S(C)(=O)=O)cc1. The van der Waals surface area contributed by atoms with Crippen molar-refractivity contribution in [3.05, 3.63) is 58.6 Å². The Bertz CT molecular complexity index is 1100. The van der Waals surface area contributed by atoms with E-state index in [0.717, 1.165) is 18.4 Å². The number of anilines is 1. The molecular formula is C21H23ClF3N3O4S. The molecule has 1 amide bonds. The lowest BCUT2D eigenvalue weighted by molar-refractivity contribution is -0.137. The van der Waals surface area contributed by atoms with Gasteiger partial charge in [0.25, 0.3) is 5.91 Å². The van der Waals surface area contributed by atoms with Crippen LogP contribution >= 0.6 is 11.6 Å². The number of carbonyl (C=O) groups excluding carboxylic acids is 1. The number of benzene rings is 2. The number of ether oxygens (including phenoxy) is 1. The largest absolute Gasteiger partial charge is 0.493 e. The van der Waals surface area contributed by atoms with Gasteiger partial charge < -0.3 is 4.74 Å². The molecular weight excluding hydrogens is 483 g/mol. The number of hydrazone groups is 1. The molecule has 0 aliphatic rings. The first-order valence-corrected chi connectivity index (χ1v) is 11.9. The molecule has 2 aromatic rings. The van der Waals surface area contributed by atoms with Gasteiger partial charge in [0, 0.05) is 0 Å². The fourth-order valence-corrected chi connectivity index (χ4v) is 3.65. The zero-order chi connectivity index (χ0) is 24.8. The summed E-state index contributed by atoms with van der Waals surface area (Å²) in [6, 6.07) is 9.08. The molecule has 1 N–H and O–H groups in total. The molecule has 0 spiro atoms. The molecule has 0 bridgehead atoms. The van der Waals surface area contributed by atoms with Crippen molar-refractivity contribution in [1.29, 1.82) is 0 Å². The molecule has 0 atom stereocenters. The van der Waals surface area contributed by atoms with Gasteiger partial charge in [0.15, 0.2) is 0 Å². The second kappa shape index (κ2) is 10.9. The van der Waals surface area contributed by atoms with E-state index in [1.165, 1.54) is 6.21 Å². The van der Waals surface area contributed by atoms with Gasteiger partial charge in [-0.1, -0.05) is 25.4 Å². The van der Waals surface area contributed by atoms with Crippen molar-refractivity contribution in [2.24, 2.45) is 11.0 Å². The second-order valence-corrected chi connectivity index (χ2v) is 9.81. The maximum Gasteiger partial charge on any atom is 0.416 e. The van der Waals surface area contributed by atoms with Crippen LogP contribution in [0.1, 0.15) is 25.0 Å². The molecule has 0 fully saturated rings. The summed E-state index contributed by atoms with van der Waals surface area (Å²) in [5.41, 5.74) is 1.21. The van der Waals surface area contributed by atoms with Crippen molar-refractivity contribution in [3.8, 4) is 5.75 Å². The Kier molecular flexibility index (Phi) is 8.73. The predicted molar refractivity (Wildman–Crippen MR) is 121 cm³/mol. The summed E-state index contributed by atoms with van der Waals surface area (Å²) in [6.45, 7) is 3.79. The molecule has 2 rings (SSSR count). The number of sulfonamides is 1. The molecule has 12 heteroatoms. The van der Waals surface area contributed by atoms with E-state index in [4.69, 9.17) is 16.3 Å². The highest BCUT2D eigenvalue weighted by atomic mass is 35.5. The minimum Gasteiger partial charge on any atom is -0.493 e. The molecule has 0 saturated carbocycles. The number of carbonyl (C=O) groups is 1. The standard InChI is InChI=1S/C21H23ClF3N3O4S/c1-14(2)13-32-17-7-4-15(5-8-17)11-26-27-20(29)12-28(33(3,30)31)19-10-16(21(23,24)25)6-9-18(19)22/h4-11,14H,12-13H2,1-3H3,(H,27,29)/b26-11-. The number of nitrogens with zero attached hydrogens (tertiary/aromatic N) is 2. The first-order valence-electron chi connectivity index (χ1n) is 9.66. The van der Waals surface area contributed by atoms with Gasteiger partial charge in [0.05, 0.1) is 35.4 Å². The molecule has 180 valence electrons. The number of rotatable bonds is 9. The van der Waals surface area contributed by atoms with Gasteiger partial charge in [-0.05, 0) is 53.9 Å². The summed E-state index contributed by atoms with van der Waals surface area (Å²) in [5.74, 6) is 0.174. The van der Waals surface area contributed by atoms with E-state index >= 15 is 0 Å². The normalized spacial score (nSPS) is 12.2. The van der Waals surface area contributed by atoms with Crippen molar-refractivity contribution in [2.45, 2.75) is 20.0 Å². The molecule has 0 aliphatic carbocycles. The van der Waals surface area contributed by atoms with Crippen LogP contribution in [-0.4, -0.2) is 39.9 Å². The highest BCUT2D eigenvalue weighted by molar-refractivity contribution is 7.92. The predicted octanol–water partition coefficient (Wildman–Crippen LogP) is 4.31. The summed E-state index contributed by atoms with van der Waals surface area (Å²) in [7, 11) is -4.14. The van der Waals surface area contributed by atoms with Crippen LogP contribution in [0.5, 0.6) is 5.75 Å². The lowest BCUT2D eigenvalue weighted by Gasteiger charge is -2.23. The van der Waals surface area contributed by atoms with Gasteiger partial charge in [-0.3, -0.25) is 9.10 Å². The minimum atomic E-state index is -4.72. The zero-order valence-corrected chi connectivity index (χ0v) is 19.6. The van der Waals surface area contributed by atoms with Crippen LogP contribution in [0.3, 0.4) is 0 Å². The summed E-state index contributed by atoms with van der Waals surface area (Å²) in [6.07, 6.45) is -2.64. The number of hydrogen-bond acceptors (Lipinski definition) is 5. The molecule has 7 nitrogen and oxygen atoms in total. The van der Waals surface area contributed by atoms with Gasteiger partial charge in [-0.2, -0.15) is 18.3 Å². The zero-order valence-electron chi connectivity index (χ0n) is 18.1. The van der Waals surface area contributed by atoms with E-state index < -0.39 is 39.9 Å². The second-order valence-electron chi connectivity index (χ2n) is 7.50. The summed E-state index contributed by atoms with van der Waals surface area (Å²) < 4.78 is 69.5. The number of amides is 1. The van der Waals surface area contributed by atoms with E-state index in [1.54, 1.807) is 24.3 Å². The van der Waals surface area contributed by atoms with Crippen LogP contribution in [0.4, 0.5) is 18.9 Å². The highest BCUT2D eigenvalue weighted by Gasteiger charge is 2.33. The number of halogens is 4. The summed E-state index contributed by atoms with van der Waals surface area (Å²) in [5, 5.41) is 3.49. The molecule has 0 saturated heterocycles. The fourth-order valence-electron chi connectivity index (χ4n) is 2.52. The molecule has 0 unspecified atom stereocenters. The number of alkyl halides is 3. The smallest absolute Gasteiger partial charge is 0.416 e. The molecule has 0 aromatic heterocycles. The Morgan fingerprint density at radius 1 is 1.21 bits per heavy atom. The van der Waals surface area contributed by atoms with Crippen molar-refractivity contribution in [1.82, 2.24) is 5.43 Å². The van der Waals surface area contributed by atoms with Crippen LogP contribution in [0.15, 0.2) is 47.6 Å². The van der Waals surface area contributed by atoms with E-state index in [9.17, 15) is 26.4 Å². The Balaban J connectivity index is 2.10. The molecule has 0 aliphatic heterocycles. The van der Waals surface area contributed by atoms with E-state index in [1.807, 2.05) is 13.8 Å². The third kappa shape index (κ3) is 8.25. The molecule has 2 aromatic carbocycles. The average Bonchev–Trinajstić information content (AvgIpc) is 2.70. The van der Waals surface area contributed by atoms with E-state index in [2.05, 4.69) is 10.5 Å². The van der Waals surface area contributed by atoms with Gasteiger partial charge in [-0.25, -0.2) is 13.8 Å². The first kappa shape index (κ1) is 26.5. The first-order chi connectivity index (χ1) is 15.3. The topological polar surface area (TPSA) is 88.1 Å². The highest BCUT2D eigenvalue weighted by Crippen LogP contribution is 2.36. The van der Waals surface area contributed by atoms with Crippen molar-refractivity contribution in [2.75, 3.05) is 23.7 Å². The van der Waals surface area contributed by atoms with Crippen LogP contribution in [0.25, 0.3) is 0 Å². The van der Waals surface area contributed by atoms with Crippen molar-refractivity contribution >= 4 is 39.4 Å². The van der Waals surface area contributed by atoms with Crippen LogP contribution in [-0.2, 0) is 21.0 Å². The van der Waals surface area contributed by atoms with Crippen LogP contribution in [0, 0.1) is 5.92 Å². The Hall–Kier alpha value is -2.79. The van der Waals surface area contributed by atoms with E-state index in [-0.39, 0.29) is 5.02 Å². The quantitative estimate of drug-likeness (QED) is 0.406. The fraction of sp³-hybridized carbons (Fsp3) is 0.333. The molecule has 33 heavy (non-hydrogen) atoms. The Morgan fingerprint density at radius 2 is 1.85 bits per heavy atom. The molecule has 0 heterocycles. The van der Waals surface area contributed by atoms with E-state index in [0.29, 0.717) is 34.2 Å². The number of hydrogen-bond donors (Lipinski definition) is 1. The Labute approximate surface area is 195 Å². The average molecular weight is 506 g/mol. The van der Waals surface area contributed by atoms with Crippen molar-refractivity contribution < 1.29 is 31.1 Å². The van der Waals surface area contributed by atoms with Gasteiger partial charge in [0.2, 0.25) is 10.0 Å². The van der Waals surface area contributed by atoms with Gasteiger partial charge in [0.1, 0.15) is 12.3 Å². The van der Waals surface area contributed by atoms with Crippen LogP contribution in [0.2, 0.25) is 5.02 Å². The monoisotopic (exact) mass is 505 g/mol. The summed E-state index contributed by atoms with van der Waals surface area (Å²) in [4.78, 5) is 12.2. The van der Waals surface area contributed by atoms with Crippen LogP contribution < -0.4 is 14.5 Å². The van der Waals surface area contributed by atoms with Crippen molar-refractivity contribution in [3.63, 3.8) is 0 Å². The third-order valence-corrected chi connectivity index (χ3v) is 5.54.